The Morgan fingerprint density at radius 2 is 2.33 bits per heavy atom. The molecule has 0 bridgehead atoms. The Labute approximate surface area is 126 Å². The highest BCUT2D eigenvalue weighted by Gasteiger charge is 2.22. The average Bonchev–Trinajstić information content (AvgIpc) is 2.88. The van der Waals surface area contributed by atoms with Crippen LogP contribution >= 0.6 is 0 Å². The van der Waals surface area contributed by atoms with Gasteiger partial charge in [-0.05, 0) is 51.3 Å². The summed E-state index contributed by atoms with van der Waals surface area (Å²) in [6.45, 7) is 8.67. The van der Waals surface area contributed by atoms with Crippen molar-refractivity contribution < 1.29 is 0 Å². The SMILES string of the molecule is CCCNCC1CCCN(c2nccn3nc(C)cc23)C1. The fourth-order valence-corrected chi connectivity index (χ4v) is 3.18. The van der Waals surface area contributed by atoms with Gasteiger partial charge in [-0.15, -0.1) is 0 Å². The second-order valence-corrected chi connectivity index (χ2v) is 6.02. The number of aryl methyl sites for hydroxylation is 1. The van der Waals surface area contributed by atoms with E-state index in [1.165, 1.54) is 19.3 Å². The quantitative estimate of drug-likeness (QED) is 0.857. The number of nitrogens with zero attached hydrogens (tertiary/aromatic N) is 4. The molecule has 0 aromatic carbocycles. The van der Waals surface area contributed by atoms with Crippen LogP contribution in [-0.2, 0) is 0 Å². The molecule has 0 aliphatic carbocycles. The minimum Gasteiger partial charge on any atom is -0.355 e. The van der Waals surface area contributed by atoms with Crippen LogP contribution in [0.5, 0.6) is 0 Å². The minimum atomic E-state index is 0.719. The molecule has 5 heteroatoms. The van der Waals surface area contributed by atoms with Gasteiger partial charge in [0.1, 0.15) is 5.52 Å². The maximum Gasteiger partial charge on any atom is 0.154 e. The summed E-state index contributed by atoms with van der Waals surface area (Å²) in [6.07, 6.45) is 7.54. The summed E-state index contributed by atoms with van der Waals surface area (Å²) < 4.78 is 1.94. The van der Waals surface area contributed by atoms with Gasteiger partial charge in [-0.3, -0.25) is 0 Å². The van der Waals surface area contributed by atoms with Gasteiger partial charge in [0, 0.05) is 25.5 Å². The van der Waals surface area contributed by atoms with Crippen LogP contribution in [0.1, 0.15) is 31.9 Å². The molecule has 1 aliphatic heterocycles. The van der Waals surface area contributed by atoms with E-state index in [9.17, 15) is 0 Å². The van der Waals surface area contributed by atoms with Gasteiger partial charge in [-0.2, -0.15) is 5.10 Å². The lowest BCUT2D eigenvalue weighted by atomic mass is 9.98. The van der Waals surface area contributed by atoms with Crippen LogP contribution in [0.4, 0.5) is 5.82 Å². The number of piperidine rings is 1. The Bertz CT molecular complexity index is 591. The van der Waals surface area contributed by atoms with Gasteiger partial charge in [-0.1, -0.05) is 6.92 Å². The molecule has 3 rings (SSSR count). The number of rotatable bonds is 5. The highest BCUT2D eigenvalue weighted by atomic mass is 15.3. The molecule has 21 heavy (non-hydrogen) atoms. The van der Waals surface area contributed by atoms with Gasteiger partial charge in [0.2, 0.25) is 0 Å². The Morgan fingerprint density at radius 3 is 3.19 bits per heavy atom. The van der Waals surface area contributed by atoms with Crippen LogP contribution in [0.15, 0.2) is 18.5 Å². The first-order valence-corrected chi connectivity index (χ1v) is 8.04. The average molecular weight is 287 g/mol. The summed E-state index contributed by atoms with van der Waals surface area (Å²) in [5.74, 6) is 1.80. The van der Waals surface area contributed by atoms with E-state index >= 15 is 0 Å². The Balaban J connectivity index is 1.75. The molecule has 1 fully saturated rings. The van der Waals surface area contributed by atoms with Gasteiger partial charge in [0.25, 0.3) is 0 Å². The van der Waals surface area contributed by atoms with Gasteiger partial charge < -0.3 is 10.2 Å². The molecule has 3 heterocycles. The van der Waals surface area contributed by atoms with Crippen molar-refractivity contribution in [3.63, 3.8) is 0 Å². The predicted octanol–water partition coefficient (Wildman–Crippen LogP) is 2.25. The highest BCUT2D eigenvalue weighted by Crippen LogP contribution is 2.25. The molecular formula is C16H25N5. The standard InChI is InChI=1S/C16H25N5/c1-3-6-17-11-14-5-4-8-20(12-14)16-15-10-13(2)19-21(15)9-7-18-16/h7,9-10,14,17H,3-6,8,11-12H2,1-2H3. The molecule has 1 unspecified atom stereocenters. The molecule has 2 aromatic rings. The van der Waals surface area contributed by atoms with Crippen LogP contribution in [0.2, 0.25) is 0 Å². The lowest BCUT2D eigenvalue weighted by Gasteiger charge is -2.34. The molecule has 0 amide bonds. The van der Waals surface area contributed by atoms with E-state index in [0.717, 1.165) is 49.1 Å². The molecule has 0 spiro atoms. The van der Waals surface area contributed by atoms with Gasteiger partial charge >= 0.3 is 0 Å². The monoisotopic (exact) mass is 287 g/mol. The number of hydrogen-bond acceptors (Lipinski definition) is 4. The summed E-state index contributed by atoms with van der Waals surface area (Å²) in [6, 6.07) is 2.13. The number of nitrogens with one attached hydrogen (secondary N) is 1. The summed E-state index contributed by atoms with van der Waals surface area (Å²) in [4.78, 5) is 7.05. The largest absolute Gasteiger partial charge is 0.355 e. The maximum absolute atomic E-state index is 4.62. The first-order chi connectivity index (χ1) is 10.3. The summed E-state index contributed by atoms with van der Waals surface area (Å²) >= 11 is 0. The van der Waals surface area contributed by atoms with Crippen molar-refractivity contribution in [1.29, 1.82) is 0 Å². The first kappa shape index (κ1) is 14.3. The molecule has 2 aromatic heterocycles. The van der Waals surface area contributed by atoms with Crippen LogP contribution < -0.4 is 10.2 Å². The van der Waals surface area contributed by atoms with E-state index in [0.29, 0.717) is 0 Å². The van der Waals surface area contributed by atoms with Crippen molar-refractivity contribution in [3.05, 3.63) is 24.2 Å². The summed E-state index contributed by atoms with van der Waals surface area (Å²) in [5.41, 5.74) is 2.17. The topological polar surface area (TPSA) is 45.5 Å². The molecule has 1 saturated heterocycles. The molecule has 1 N–H and O–H groups in total. The van der Waals surface area contributed by atoms with E-state index in [4.69, 9.17) is 0 Å². The van der Waals surface area contributed by atoms with Crippen molar-refractivity contribution in [3.8, 4) is 0 Å². The van der Waals surface area contributed by atoms with Crippen molar-refractivity contribution >= 4 is 11.3 Å². The molecule has 0 saturated carbocycles. The zero-order chi connectivity index (χ0) is 14.7. The predicted molar refractivity (Wildman–Crippen MR) is 85.8 cm³/mol. The normalized spacial score (nSPS) is 19.3. The molecule has 1 aliphatic rings. The molecule has 0 radical (unpaired) electrons. The molecule has 1 atom stereocenters. The molecular weight excluding hydrogens is 262 g/mol. The number of hydrogen-bond donors (Lipinski definition) is 1. The third kappa shape index (κ3) is 3.18. The van der Waals surface area contributed by atoms with Gasteiger partial charge in [-0.25, -0.2) is 9.50 Å². The van der Waals surface area contributed by atoms with Crippen molar-refractivity contribution in [1.82, 2.24) is 19.9 Å². The van der Waals surface area contributed by atoms with E-state index in [1.54, 1.807) is 0 Å². The molecule has 5 nitrogen and oxygen atoms in total. The van der Waals surface area contributed by atoms with Crippen molar-refractivity contribution in [2.45, 2.75) is 33.1 Å². The van der Waals surface area contributed by atoms with Gasteiger partial charge in [0.15, 0.2) is 5.82 Å². The zero-order valence-electron chi connectivity index (χ0n) is 13.0. The summed E-state index contributed by atoms with van der Waals surface area (Å²) in [5, 5.41) is 8.04. The summed E-state index contributed by atoms with van der Waals surface area (Å²) in [7, 11) is 0. The fourth-order valence-electron chi connectivity index (χ4n) is 3.18. The minimum absolute atomic E-state index is 0.719. The van der Waals surface area contributed by atoms with E-state index in [2.05, 4.69) is 33.3 Å². The van der Waals surface area contributed by atoms with Crippen LogP contribution in [-0.4, -0.2) is 40.8 Å². The third-order valence-corrected chi connectivity index (χ3v) is 4.17. The number of aromatic nitrogens is 3. The lowest BCUT2D eigenvalue weighted by Crippen LogP contribution is -2.40. The van der Waals surface area contributed by atoms with Crippen LogP contribution in [0.25, 0.3) is 5.52 Å². The second-order valence-electron chi connectivity index (χ2n) is 6.02. The highest BCUT2D eigenvalue weighted by molar-refractivity contribution is 5.69. The van der Waals surface area contributed by atoms with E-state index < -0.39 is 0 Å². The van der Waals surface area contributed by atoms with Crippen molar-refractivity contribution in [2.75, 3.05) is 31.1 Å². The smallest absolute Gasteiger partial charge is 0.154 e. The van der Waals surface area contributed by atoms with Crippen molar-refractivity contribution in [2.24, 2.45) is 5.92 Å². The first-order valence-electron chi connectivity index (χ1n) is 8.04. The van der Waals surface area contributed by atoms with Crippen LogP contribution in [0.3, 0.4) is 0 Å². The lowest BCUT2D eigenvalue weighted by molar-refractivity contribution is 0.391. The molecule has 114 valence electrons. The van der Waals surface area contributed by atoms with Gasteiger partial charge in [0.05, 0.1) is 5.69 Å². The zero-order valence-corrected chi connectivity index (χ0v) is 13.0. The fraction of sp³-hybridized carbons (Fsp3) is 0.625. The second kappa shape index (κ2) is 6.43. The van der Waals surface area contributed by atoms with E-state index in [-0.39, 0.29) is 0 Å². The maximum atomic E-state index is 4.62. The Kier molecular flexibility index (Phi) is 4.39. The number of fused-ring (bicyclic) bond motifs is 1. The Morgan fingerprint density at radius 1 is 1.43 bits per heavy atom. The van der Waals surface area contributed by atoms with Crippen LogP contribution in [0, 0.1) is 12.8 Å². The Hall–Kier alpha value is -1.62. The number of anilines is 1. The third-order valence-electron chi connectivity index (χ3n) is 4.17. The van der Waals surface area contributed by atoms with E-state index in [1.807, 2.05) is 23.8 Å².